The van der Waals surface area contributed by atoms with Gasteiger partial charge in [0.2, 0.25) is 0 Å². The molecule has 3 aromatic rings. The molecule has 0 atom stereocenters. The smallest absolute Gasteiger partial charge is 0.339 e. The highest BCUT2D eigenvalue weighted by atomic mass is 16.5. The number of hydrogen-bond donors (Lipinski definition) is 1. The Hall–Kier alpha value is -3.19. The number of nitrogens with one attached hydrogen (secondary N) is 1. The lowest BCUT2D eigenvalue weighted by atomic mass is 10.1. The first-order valence-electron chi connectivity index (χ1n) is 9.87. The van der Waals surface area contributed by atoms with Gasteiger partial charge in [-0.05, 0) is 24.7 Å². The molecule has 0 aliphatic carbocycles. The van der Waals surface area contributed by atoms with E-state index in [0.29, 0.717) is 30.0 Å². The summed E-state index contributed by atoms with van der Waals surface area (Å²) in [6, 6.07) is 14.8. The monoisotopic (exact) mass is 392 g/mol. The standard InChI is InChI=1S/C22H24N4O3/c1-2-25-11-13-26(14-12-25)20(27)15-29-22(28)17-8-4-3-7-16(17)21-23-18-9-5-6-10-19(18)24-21/h3-10H,2,11-15H2,1H3,(H,23,24). The number of hydrogen-bond acceptors (Lipinski definition) is 5. The second kappa shape index (κ2) is 8.45. The number of rotatable bonds is 5. The lowest BCUT2D eigenvalue weighted by molar-refractivity contribution is -0.136. The number of esters is 1. The Bertz CT molecular complexity index is 989. The molecule has 0 spiro atoms. The SMILES string of the molecule is CCN1CCN(C(=O)COC(=O)c2ccccc2-c2nc3ccccc3[nH]2)CC1. The highest BCUT2D eigenvalue weighted by Crippen LogP contribution is 2.24. The zero-order valence-electron chi connectivity index (χ0n) is 16.4. The average Bonchev–Trinajstić information content (AvgIpc) is 3.21. The van der Waals surface area contributed by atoms with Crippen molar-refractivity contribution in [2.45, 2.75) is 6.92 Å². The topological polar surface area (TPSA) is 78.5 Å². The largest absolute Gasteiger partial charge is 0.452 e. The summed E-state index contributed by atoms with van der Waals surface area (Å²) in [6.07, 6.45) is 0. The number of aromatic amines is 1. The van der Waals surface area contributed by atoms with Gasteiger partial charge in [-0.2, -0.15) is 0 Å². The van der Waals surface area contributed by atoms with Crippen LogP contribution in [-0.4, -0.2) is 71.0 Å². The second-order valence-corrected chi connectivity index (χ2v) is 7.04. The Kier molecular flexibility index (Phi) is 5.57. The fourth-order valence-electron chi connectivity index (χ4n) is 3.56. The van der Waals surface area contributed by atoms with Crippen LogP contribution in [0.5, 0.6) is 0 Å². The first-order chi connectivity index (χ1) is 14.2. The van der Waals surface area contributed by atoms with Crippen LogP contribution in [0, 0.1) is 0 Å². The zero-order valence-corrected chi connectivity index (χ0v) is 16.4. The number of carbonyl (C=O) groups is 2. The molecular weight excluding hydrogens is 368 g/mol. The van der Waals surface area contributed by atoms with E-state index in [1.807, 2.05) is 36.4 Å². The maximum absolute atomic E-state index is 12.7. The molecule has 1 aliphatic rings. The van der Waals surface area contributed by atoms with E-state index >= 15 is 0 Å². The molecule has 1 amide bonds. The van der Waals surface area contributed by atoms with E-state index in [-0.39, 0.29) is 12.5 Å². The summed E-state index contributed by atoms with van der Waals surface area (Å²) in [5, 5.41) is 0. The molecule has 2 heterocycles. The number of H-pyrrole nitrogens is 1. The summed E-state index contributed by atoms with van der Waals surface area (Å²) < 4.78 is 5.35. The van der Waals surface area contributed by atoms with Crippen molar-refractivity contribution in [1.82, 2.24) is 19.8 Å². The van der Waals surface area contributed by atoms with Crippen LogP contribution in [-0.2, 0) is 9.53 Å². The van der Waals surface area contributed by atoms with Crippen molar-refractivity contribution in [3.05, 3.63) is 54.1 Å². The fraction of sp³-hybridized carbons (Fsp3) is 0.318. The van der Waals surface area contributed by atoms with Crippen LogP contribution in [0.2, 0.25) is 0 Å². The normalized spacial score (nSPS) is 14.9. The average molecular weight is 392 g/mol. The van der Waals surface area contributed by atoms with Crippen LogP contribution in [0.15, 0.2) is 48.5 Å². The molecular formula is C22H24N4O3. The molecule has 1 saturated heterocycles. The Morgan fingerprint density at radius 1 is 1.03 bits per heavy atom. The summed E-state index contributed by atoms with van der Waals surface area (Å²) in [7, 11) is 0. The van der Waals surface area contributed by atoms with Crippen LogP contribution in [0.1, 0.15) is 17.3 Å². The number of carbonyl (C=O) groups excluding carboxylic acids is 2. The summed E-state index contributed by atoms with van der Waals surface area (Å²) in [6.45, 7) is 5.88. The summed E-state index contributed by atoms with van der Waals surface area (Å²) >= 11 is 0. The molecule has 1 aromatic heterocycles. The molecule has 7 nitrogen and oxygen atoms in total. The molecule has 2 aromatic carbocycles. The number of para-hydroxylation sites is 2. The number of piperazine rings is 1. The van der Waals surface area contributed by atoms with Gasteiger partial charge in [-0.3, -0.25) is 4.79 Å². The second-order valence-electron chi connectivity index (χ2n) is 7.04. The van der Waals surface area contributed by atoms with E-state index in [9.17, 15) is 9.59 Å². The molecule has 1 aliphatic heterocycles. The number of amides is 1. The summed E-state index contributed by atoms with van der Waals surface area (Å²) in [4.78, 5) is 37.0. The summed E-state index contributed by atoms with van der Waals surface area (Å²) in [5.41, 5.74) is 2.76. The minimum absolute atomic E-state index is 0.157. The van der Waals surface area contributed by atoms with Crippen LogP contribution in [0.3, 0.4) is 0 Å². The van der Waals surface area contributed by atoms with Crippen molar-refractivity contribution in [3.63, 3.8) is 0 Å². The minimum Gasteiger partial charge on any atom is -0.452 e. The van der Waals surface area contributed by atoms with Gasteiger partial charge in [-0.1, -0.05) is 37.3 Å². The number of aromatic nitrogens is 2. The van der Waals surface area contributed by atoms with Crippen molar-refractivity contribution in [1.29, 1.82) is 0 Å². The first kappa shape index (κ1) is 19.1. The van der Waals surface area contributed by atoms with Gasteiger partial charge in [-0.25, -0.2) is 9.78 Å². The van der Waals surface area contributed by atoms with Gasteiger partial charge in [0.15, 0.2) is 6.61 Å². The van der Waals surface area contributed by atoms with E-state index in [1.54, 1.807) is 17.0 Å². The van der Waals surface area contributed by atoms with Crippen LogP contribution < -0.4 is 0 Å². The van der Waals surface area contributed by atoms with E-state index < -0.39 is 5.97 Å². The summed E-state index contributed by atoms with van der Waals surface area (Å²) in [5.74, 6) is -0.0855. The Labute approximate surface area is 169 Å². The molecule has 0 saturated carbocycles. The van der Waals surface area contributed by atoms with Crippen molar-refractivity contribution in [3.8, 4) is 11.4 Å². The molecule has 29 heavy (non-hydrogen) atoms. The van der Waals surface area contributed by atoms with E-state index in [2.05, 4.69) is 21.8 Å². The number of imidazole rings is 1. The quantitative estimate of drug-likeness (QED) is 0.675. The number of likely N-dealkylation sites (N-methyl/N-ethyl adjacent to an activating group) is 1. The fourth-order valence-corrected chi connectivity index (χ4v) is 3.56. The van der Waals surface area contributed by atoms with E-state index in [1.165, 1.54) is 0 Å². The third-order valence-electron chi connectivity index (χ3n) is 5.29. The maximum atomic E-state index is 12.7. The van der Waals surface area contributed by atoms with Gasteiger partial charge in [0, 0.05) is 31.7 Å². The first-order valence-corrected chi connectivity index (χ1v) is 9.87. The van der Waals surface area contributed by atoms with Crippen molar-refractivity contribution in [2.24, 2.45) is 0 Å². The van der Waals surface area contributed by atoms with E-state index in [0.717, 1.165) is 30.7 Å². The number of nitrogens with zero attached hydrogens (tertiary/aromatic N) is 3. The Morgan fingerprint density at radius 3 is 2.52 bits per heavy atom. The Morgan fingerprint density at radius 2 is 1.76 bits per heavy atom. The van der Waals surface area contributed by atoms with Crippen molar-refractivity contribution < 1.29 is 14.3 Å². The third-order valence-corrected chi connectivity index (χ3v) is 5.29. The van der Waals surface area contributed by atoms with Crippen LogP contribution >= 0.6 is 0 Å². The Balaban J connectivity index is 1.45. The molecule has 0 radical (unpaired) electrons. The predicted octanol–water partition coefficient (Wildman–Crippen LogP) is 2.55. The maximum Gasteiger partial charge on any atom is 0.339 e. The molecule has 150 valence electrons. The number of ether oxygens (including phenoxy) is 1. The van der Waals surface area contributed by atoms with Gasteiger partial charge in [0.25, 0.3) is 5.91 Å². The highest BCUT2D eigenvalue weighted by Gasteiger charge is 2.22. The van der Waals surface area contributed by atoms with Crippen LogP contribution in [0.25, 0.3) is 22.4 Å². The van der Waals surface area contributed by atoms with Gasteiger partial charge < -0.3 is 19.5 Å². The third kappa shape index (κ3) is 4.14. The number of benzene rings is 2. The van der Waals surface area contributed by atoms with Crippen molar-refractivity contribution >= 4 is 22.9 Å². The van der Waals surface area contributed by atoms with Gasteiger partial charge in [0.05, 0.1) is 16.6 Å². The molecule has 0 bridgehead atoms. The minimum atomic E-state index is -0.526. The zero-order chi connectivity index (χ0) is 20.2. The van der Waals surface area contributed by atoms with Gasteiger partial charge >= 0.3 is 5.97 Å². The van der Waals surface area contributed by atoms with Gasteiger partial charge in [-0.15, -0.1) is 0 Å². The molecule has 0 unspecified atom stereocenters. The van der Waals surface area contributed by atoms with E-state index in [4.69, 9.17) is 4.74 Å². The molecule has 7 heteroatoms. The number of fused-ring (bicyclic) bond motifs is 1. The van der Waals surface area contributed by atoms with Crippen LogP contribution in [0.4, 0.5) is 0 Å². The van der Waals surface area contributed by atoms with Crippen molar-refractivity contribution in [2.75, 3.05) is 39.3 Å². The van der Waals surface area contributed by atoms with Gasteiger partial charge in [0.1, 0.15) is 5.82 Å². The molecule has 4 rings (SSSR count). The molecule has 1 fully saturated rings. The lowest BCUT2D eigenvalue weighted by Crippen LogP contribution is -2.49. The lowest BCUT2D eigenvalue weighted by Gasteiger charge is -2.33. The highest BCUT2D eigenvalue weighted by molar-refractivity contribution is 5.98. The predicted molar refractivity (Wildman–Crippen MR) is 111 cm³/mol. The molecule has 1 N–H and O–H groups in total.